The lowest BCUT2D eigenvalue weighted by Gasteiger charge is -2.48. The van der Waals surface area contributed by atoms with Crippen LogP contribution in [0.3, 0.4) is 0 Å². The number of ether oxygens (including phenoxy) is 1. The number of aliphatic hydroxyl groups is 1. The quantitative estimate of drug-likeness (QED) is 0.507. The summed E-state index contributed by atoms with van der Waals surface area (Å²) in [6, 6.07) is 9.64. The van der Waals surface area contributed by atoms with Gasteiger partial charge >= 0.3 is 6.09 Å². The highest BCUT2D eigenvalue weighted by Crippen LogP contribution is 2.40. The number of hydrogen-bond donors (Lipinski definition) is 1. The molecule has 0 unspecified atom stereocenters. The Balaban J connectivity index is 2.24. The molecule has 1 fully saturated rings. The number of likely N-dealkylation sites (tertiary alicyclic amines) is 1. The van der Waals surface area contributed by atoms with Crippen molar-refractivity contribution in [3.05, 3.63) is 35.9 Å². The minimum atomic E-state index is -2.18. The van der Waals surface area contributed by atoms with Crippen LogP contribution in [-0.2, 0) is 20.2 Å². The van der Waals surface area contributed by atoms with E-state index in [1.165, 1.54) is 0 Å². The first-order valence-corrected chi connectivity index (χ1v) is 17.8. The van der Waals surface area contributed by atoms with Gasteiger partial charge in [-0.05, 0) is 41.8 Å². The van der Waals surface area contributed by atoms with Crippen LogP contribution in [0.2, 0.25) is 36.3 Å². The maximum atomic E-state index is 13.0. The van der Waals surface area contributed by atoms with Crippen LogP contribution in [0, 0.1) is 0 Å². The summed E-state index contributed by atoms with van der Waals surface area (Å²) >= 11 is 0. The molecule has 0 aliphatic carbocycles. The Bertz CT molecular complexity index is 748. The molecule has 1 aliphatic rings. The van der Waals surface area contributed by atoms with Gasteiger partial charge in [0.2, 0.25) is 0 Å². The van der Waals surface area contributed by atoms with Crippen LogP contribution in [0.1, 0.15) is 47.1 Å². The normalized spacial score (nSPS) is 21.2. The van der Waals surface area contributed by atoms with E-state index >= 15 is 0 Å². The van der Waals surface area contributed by atoms with E-state index in [-0.39, 0.29) is 16.7 Å². The molecule has 8 heteroatoms. The molecule has 1 aromatic carbocycles. The Morgan fingerprint density at radius 3 is 1.73 bits per heavy atom. The molecule has 0 saturated carbocycles. The molecule has 6 nitrogen and oxygen atoms in total. The van der Waals surface area contributed by atoms with Crippen LogP contribution in [-0.4, -0.2) is 64.1 Å². The van der Waals surface area contributed by atoms with Crippen molar-refractivity contribution in [2.75, 3.05) is 13.1 Å². The first-order chi connectivity index (χ1) is 14.9. The zero-order valence-electron chi connectivity index (χ0n) is 22.3. The fourth-order valence-electron chi connectivity index (χ4n) is 3.25. The second-order valence-electron chi connectivity index (χ2n) is 12.3. The lowest BCUT2D eigenvalue weighted by molar-refractivity contribution is -0.0950. The van der Waals surface area contributed by atoms with Crippen LogP contribution in [0.5, 0.6) is 0 Å². The highest BCUT2D eigenvalue weighted by Gasteiger charge is 2.48. The van der Waals surface area contributed by atoms with E-state index < -0.39 is 41.0 Å². The highest BCUT2D eigenvalue weighted by molar-refractivity contribution is 6.74. The summed E-state index contributed by atoms with van der Waals surface area (Å²) in [5.74, 6) is 0. The molecule has 0 bridgehead atoms. The Labute approximate surface area is 202 Å². The minimum Gasteiger partial charge on any atom is -0.445 e. The summed E-state index contributed by atoms with van der Waals surface area (Å²) in [6.07, 6.45) is -2.23. The molecule has 188 valence electrons. The second kappa shape index (κ2) is 10.2. The van der Waals surface area contributed by atoms with Gasteiger partial charge in [0.05, 0.1) is 25.3 Å². The lowest BCUT2D eigenvalue weighted by atomic mass is 10.0. The maximum absolute atomic E-state index is 13.0. The van der Waals surface area contributed by atoms with Crippen molar-refractivity contribution >= 4 is 22.7 Å². The number of rotatable bonds is 6. The monoisotopic (exact) mass is 495 g/mol. The SMILES string of the molecule is CC(C)(C)[Si](C)(C)O[C@@H]1CN(C(=O)OCc2ccccc2)C[C@@H](O[Si](C)(C)C(C)(C)C)C1O. The fourth-order valence-corrected chi connectivity index (χ4v) is 5.90. The van der Waals surface area contributed by atoms with Gasteiger partial charge < -0.3 is 23.6 Å². The van der Waals surface area contributed by atoms with Crippen molar-refractivity contribution in [2.45, 2.75) is 103 Å². The molecule has 1 aliphatic heterocycles. The van der Waals surface area contributed by atoms with Gasteiger partial charge in [-0.3, -0.25) is 0 Å². The van der Waals surface area contributed by atoms with E-state index in [2.05, 4.69) is 67.7 Å². The van der Waals surface area contributed by atoms with Crippen molar-refractivity contribution in [2.24, 2.45) is 0 Å². The third kappa shape index (κ3) is 7.15. The molecule has 1 N–H and O–H groups in total. The topological polar surface area (TPSA) is 68.2 Å². The number of nitrogens with zero attached hydrogens (tertiary/aromatic N) is 1. The van der Waals surface area contributed by atoms with Gasteiger partial charge in [-0.1, -0.05) is 71.9 Å². The van der Waals surface area contributed by atoms with E-state index in [9.17, 15) is 9.90 Å². The van der Waals surface area contributed by atoms with Gasteiger partial charge in [0, 0.05) is 0 Å². The maximum Gasteiger partial charge on any atom is 0.410 e. The average molecular weight is 496 g/mol. The largest absolute Gasteiger partial charge is 0.445 e. The fraction of sp³-hybridized carbons (Fsp3) is 0.720. The summed E-state index contributed by atoms with van der Waals surface area (Å²) in [5.41, 5.74) is 0.936. The summed E-state index contributed by atoms with van der Waals surface area (Å²) in [5, 5.41) is 11.3. The number of aliphatic hydroxyl groups excluding tert-OH is 1. The van der Waals surface area contributed by atoms with Crippen molar-refractivity contribution in [1.82, 2.24) is 4.90 Å². The van der Waals surface area contributed by atoms with Crippen molar-refractivity contribution < 1.29 is 23.5 Å². The molecule has 1 saturated heterocycles. The first-order valence-electron chi connectivity index (χ1n) is 11.9. The molecule has 0 aromatic heterocycles. The van der Waals surface area contributed by atoms with Gasteiger partial charge in [-0.25, -0.2) is 4.79 Å². The van der Waals surface area contributed by atoms with Crippen LogP contribution >= 0.6 is 0 Å². The molecule has 1 heterocycles. The Morgan fingerprint density at radius 1 is 0.909 bits per heavy atom. The number of carbonyl (C=O) groups is 1. The number of benzene rings is 1. The van der Waals surface area contributed by atoms with E-state index in [4.69, 9.17) is 13.6 Å². The second-order valence-corrected chi connectivity index (χ2v) is 21.8. The predicted molar refractivity (Wildman–Crippen MR) is 138 cm³/mol. The van der Waals surface area contributed by atoms with Crippen LogP contribution in [0.4, 0.5) is 4.79 Å². The molecular weight excluding hydrogens is 450 g/mol. The van der Waals surface area contributed by atoms with Gasteiger partial charge in [0.15, 0.2) is 16.6 Å². The average Bonchev–Trinajstić information content (AvgIpc) is 2.67. The zero-order valence-corrected chi connectivity index (χ0v) is 24.3. The molecule has 0 radical (unpaired) electrons. The minimum absolute atomic E-state index is 0.0153. The molecule has 0 spiro atoms. The van der Waals surface area contributed by atoms with Crippen molar-refractivity contribution in [3.63, 3.8) is 0 Å². The number of amides is 1. The smallest absolute Gasteiger partial charge is 0.410 e. The summed E-state index contributed by atoms with van der Waals surface area (Å²) in [6.45, 7) is 22.5. The van der Waals surface area contributed by atoms with Crippen molar-refractivity contribution in [1.29, 1.82) is 0 Å². The molecule has 1 aromatic rings. The summed E-state index contributed by atoms with van der Waals surface area (Å²) < 4.78 is 18.8. The highest BCUT2D eigenvalue weighted by atomic mass is 28.4. The number of hydrogen-bond acceptors (Lipinski definition) is 5. The lowest BCUT2D eigenvalue weighted by Crippen LogP contribution is -2.63. The van der Waals surface area contributed by atoms with Gasteiger partial charge in [-0.2, -0.15) is 0 Å². The number of piperidine rings is 1. The van der Waals surface area contributed by atoms with Gasteiger partial charge in [0.1, 0.15) is 12.7 Å². The Kier molecular flexibility index (Phi) is 8.66. The third-order valence-electron chi connectivity index (χ3n) is 7.53. The van der Waals surface area contributed by atoms with Gasteiger partial charge in [0.25, 0.3) is 0 Å². The molecular formula is C25H45NO5Si2. The molecule has 1 amide bonds. The van der Waals surface area contributed by atoms with Crippen LogP contribution < -0.4 is 0 Å². The van der Waals surface area contributed by atoms with E-state index in [1.54, 1.807) is 4.90 Å². The van der Waals surface area contributed by atoms with E-state index in [0.29, 0.717) is 13.1 Å². The van der Waals surface area contributed by atoms with Crippen molar-refractivity contribution in [3.8, 4) is 0 Å². The molecule has 2 rings (SSSR count). The molecule has 2 atom stereocenters. The summed E-state index contributed by atoms with van der Waals surface area (Å²) in [4.78, 5) is 14.7. The predicted octanol–water partition coefficient (Wildman–Crippen LogP) is 5.78. The van der Waals surface area contributed by atoms with Gasteiger partial charge in [-0.15, -0.1) is 0 Å². The number of carbonyl (C=O) groups excluding carboxylic acids is 1. The zero-order chi connectivity index (χ0) is 25.2. The molecule has 33 heavy (non-hydrogen) atoms. The van der Waals surface area contributed by atoms with Crippen LogP contribution in [0.15, 0.2) is 30.3 Å². The Morgan fingerprint density at radius 2 is 1.33 bits per heavy atom. The first kappa shape index (κ1) is 28.0. The summed E-state index contributed by atoms with van der Waals surface area (Å²) in [7, 11) is -4.35. The standard InChI is InChI=1S/C25H45NO5Si2/c1-24(2,3)32(7,8)30-20-16-26(23(28)29-18-19-14-12-11-13-15-19)17-21(22(20)27)31-33(9,10)25(4,5)6/h11-15,20-22,27H,16-18H2,1-10H3/t20-,21-/m1/s1. The van der Waals surface area contributed by atoms with E-state index in [1.807, 2.05) is 30.3 Å². The van der Waals surface area contributed by atoms with Crippen LogP contribution in [0.25, 0.3) is 0 Å². The van der Waals surface area contributed by atoms with E-state index in [0.717, 1.165) is 5.56 Å². The third-order valence-corrected chi connectivity index (χ3v) is 16.5. The Hall–Kier alpha value is -1.20.